The molecule has 8 aliphatic carbocycles. The zero-order valence-electron chi connectivity index (χ0n) is 30.5. The Morgan fingerprint density at radius 3 is 1.63 bits per heavy atom. The van der Waals surface area contributed by atoms with Crippen LogP contribution in [-0.2, 0) is 35.3 Å². The van der Waals surface area contributed by atoms with Crippen LogP contribution in [0.1, 0.15) is 77.0 Å². The van der Waals surface area contributed by atoms with Crippen molar-refractivity contribution in [1.29, 1.82) is 0 Å². The molecule has 0 unspecified atom stereocenters. The minimum atomic E-state index is -3.92. The number of para-hydroxylation sites is 2. The van der Waals surface area contributed by atoms with Crippen molar-refractivity contribution in [3.05, 3.63) is 78.9 Å². The minimum Gasteiger partial charge on any atom is -0.748 e. The van der Waals surface area contributed by atoms with E-state index in [-0.39, 0.29) is 28.3 Å². The number of nitrogens with two attached hydrogens (primary N) is 1. The van der Waals surface area contributed by atoms with Crippen LogP contribution in [0.15, 0.2) is 72.8 Å². The number of anilines is 2. The van der Waals surface area contributed by atoms with Gasteiger partial charge in [0.2, 0.25) is 0 Å². The van der Waals surface area contributed by atoms with Gasteiger partial charge in [-0.3, -0.25) is 0 Å². The van der Waals surface area contributed by atoms with Crippen molar-refractivity contribution in [2.45, 2.75) is 87.4 Å². The van der Waals surface area contributed by atoms with Crippen LogP contribution in [-0.4, -0.2) is 55.8 Å². The summed E-state index contributed by atoms with van der Waals surface area (Å²) in [6.07, 6.45) is 19.6. The van der Waals surface area contributed by atoms with Crippen LogP contribution in [0.4, 0.5) is 11.4 Å². The monoisotopic (exact) mass is 832 g/mol. The molecule has 0 atom stereocenters. The minimum absolute atomic E-state index is 0. The fourth-order valence-electron chi connectivity index (χ4n) is 12.7. The molecule has 1 aliphatic heterocycles. The molecule has 9 fully saturated rings. The Kier molecular flexibility index (Phi) is 11.7. The zero-order chi connectivity index (χ0) is 35.2. The number of benzene rings is 3. The summed E-state index contributed by atoms with van der Waals surface area (Å²) in [5.74, 6) is 6.37. The Morgan fingerprint density at radius 2 is 1.17 bits per heavy atom. The van der Waals surface area contributed by atoms with Crippen molar-refractivity contribution in [1.82, 2.24) is 0 Å². The Morgan fingerprint density at radius 1 is 0.731 bits per heavy atom. The summed E-state index contributed by atoms with van der Waals surface area (Å²) in [4.78, 5) is 2.72. The van der Waals surface area contributed by atoms with Gasteiger partial charge in [0, 0.05) is 30.3 Å². The molecule has 12 rings (SSSR count). The molecule has 8 saturated carbocycles. The maximum atomic E-state index is 9.08. The standard InChI is InChI=1S/C30H42NOP.C12H10N.CH4O3S.Pd/c1-2-4-28(27(3-1)31-5-7-32-8-6-31)33(29-15-21-9-22(16-29)11-23(10-21)17-29)30-18-24-12-25(19-30)14-26(13-24)20-30;13-12-9-5-4-8-11(12)10-6-2-1-3-7-10;1-5(2,3)4;/h1-4,21-26H,5-20H2;1-6,8-9H,13H2;1H3,(H,2,3,4);/q;-1;;+2/p-1. The Labute approximate surface area is 327 Å². The molecular weight excluding hydrogens is 778 g/mol. The van der Waals surface area contributed by atoms with Gasteiger partial charge < -0.3 is 19.9 Å². The number of rotatable bonds is 5. The summed E-state index contributed by atoms with van der Waals surface area (Å²) in [6, 6.07) is 28.7. The molecule has 0 radical (unpaired) electrons. The molecule has 6 nitrogen and oxygen atoms in total. The van der Waals surface area contributed by atoms with Gasteiger partial charge in [0.25, 0.3) is 0 Å². The number of ether oxygens (including phenoxy) is 1. The molecule has 0 amide bonds. The molecule has 2 N–H and O–H groups in total. The van der Waals surface area contributed by atoms with Crippen molar-refractivity contribution in [3.63, 3.8) is 0 Å². The first-order valence-corrected chi connectivity index (χ1v) is 22.7. The van der Waals surface area contributed by atoms with Crippen LogP contribution in [0.25, 0.3) is 11.1 Å². The van der Waals surface area contributed by atoms with Gasteiger partial charge in [0.05, 0.1) is 23.3 Å². The molecule has 8 bridgehead atoms. The Balaban J connectivity index is 0.000000185. The summed E-state index contributed by atoms with van der Waals surface area (Å²) >= 11 is 0. The van der Waals surface area contributed by atoms with Crippen molar-refractivity contribution in [2.75, 3.05) is 43.2 Å². The van der Waals surface area contributed by atoms with E-state index >= 15 is 0 Å². The Bertz CT molecular complexity index is 1660. The number of nitrogens with zero attached hydrogens (tertiary/aromatic N) is 1. The van der Waals surface area contributed by atoms with E-state index in [4.69, 9.17) is 23.4 Å². The predicted molar refractivity (Wildman–Crippen MR) is 209 cm³/mol. The maximum Gasteiger partial charge on any atom is 2.00 e. The van der Waals surface area contributed by atoms with Gasteiger partial charge in [-0.2, -0.15) is 0 Å². The second-order valence-electron chi connectivity index (χ2n) is 17.3. The van der Waals surface area contributed by atoms with Crippen molar-refractivity contribution >= 4 is 34.7 Å². The summed E-state index contributed by atoms with van der Waals surface area (Å²) in [5, 5.41) is 3.18. The average molecular weight is 833 g/mol. The predicted octanol–water partition coefficient (Wildman–Crippen LogP) is 8.46. The molecule has 0 aromatic heterocycles. The summed E-state index contributed by atoms with van der Waals surface area (Å²) in [7, 11) is -4.05. The van der Waals surface area contributed by atoms with E-state index in [9.17, 15) is 0 Å². The van der Waals surface area contributed by atoms with E-state index < -0.39 is 10.1 Å². The molecule has 52 heavy (non-hydrogen) atoms. The molecule has 1 saturated heterocycles. The van der Waals surface area contributed by atoms with Crippen LogP contribution in [0.2, 0.25) is 0 Å². The molecule has 3 aromatic rings. The topological polar surface area (TPSA) is 95.7 Å². The van der Waals surface area contributed by atoms with Gasteiger partial charge in [0.15, 0.2) is 0 Å². The SMILES string of the molecule is CS(=O)(=O)[O-].Nc1ccccc1-c1[c-]cccc1.[Pd+2].c1ccc(P(C23CC4CC(CC(C4)C2)C3)C23CC4CC(CC(C4)C2)C3)c(N2CCOCC2)c1. The zero-order valence-corrected chi connectivity index (χ0v) is 33.8. The van der Waals surface area contributed by atoms with Crippen LogP contribution in [0.5, 0.6) is 0 Å². The molecular formula is C43H55N2O4PPdS. The van der Waals surface area contributed by atoms with Gasteiger partial charge in [-0.25, -0.2) is 8.42 Å². The smallest absolute Gasteiger partial charge is 0.748 e. The Hall–Kier alpha value is -1.78. The molecule has 3 aromatic carbocycles. The molecule has 9 heteroatoms. The van der Waals surface area contributed by atoms with E-state index in [1.54, 1.807) is 82.7 Å². The quantitative estimate of drug-likeness (QED) is 0.0912. The normalized spacial score (nSPS) is 34.3. The summed E-state index contributed by atoms with van der Waals surface area (Å²) in [5.41, 5.74) is 10.3. The molecule has 0 spiro atoms. The van der Waals surface area contributed by atoms with Gasteiger partial charge in [-0.1, -0.05) is 49.9 Å². The van der Waals surface area contributed by atoms with Gasteiger partial charge in [0.1, 0.15) is 0 Å². The average Bonchev–Trinajstić information content (AvgIpc) is 3.08. The van der Waals surface area contributed by atoms with E-state index in [0.717, 1.165) is 78.6 Å². The van der Waals surface area contributed by atoms with Crippen LogP contribution < -0.4 is 15.9 Å². The maximum absolute atomic E-state index is 9.08. The number of nitrogen functional groups attached to an aromatic ring is 1. The van der Waals surface area contributed by atoms with E-state index in [1.807, 2.05) is 53.8 Å². The fourth-order valence-corrected chi connectivity index (χ4v) is 18.1. The van der Waals surface area contributed by atoms with Gasteiger partial charge in [-0.05, 0) is 141 Å². The first kappa shape index (κ1) is 38.5. The number of hydrogen-bond acceptors (Lipinski definition) is 6. The van der Waals surface area contributed by atoms with E-state index in [1.165, 1.54) is 0 Å². The van der Waals surface area contributed by atoms with E-state index in [0.29, 0.717) is 16.6 Å². The van der Waals surface area contributed by atoms with Crippen molar-refractivity contribution < 1.29 is 38.1 Å². The van der Waals surface area contributed by atoms with Crippen LogP contribution in [0.3, 0.4) is 0 Å². The van der Waals surface area contributed by atoms with E-state index in [2.05, 4.69) is 35.2 Å². The third-order valence-corrected chi connectivity index (χ3v) is 17.2. The second-order valence-corrected chi connectivity index (χ2v) is 21.7. The molecule has 9 aliphatic rings. The molecule has 1 heterocycles. The number of morpholine rings is 1. The fraction of sp³-hybridized carbons (Fsp3) is 0.581. The van der Waals surface area contributed by atoms with Crippen molar-refractivity contribution in [3.8, 4) is 11.1 Å². The second kappa shape index (κ2) is 15.8. The first-order valence-electron chi connectivity index (χ1n) is 19.5. The number of hydrogen-bond donors (Lipinski definition) is 1. The summed E-state index contributed by atoms with van der Waals surface area (Å²) in [6.45, 7) is 3.98. The van der Waals surface area contributed by atoms with Gasteiger partial charge in [-0.15, -0.1) is 35.9 Å². The molecule has 282 valence electrons. The van der Waals surface area contributed by atoms with Gasteiger partial charge >= 0.3 is 20.4 Å². The summed E-state index contributed by atoms with van der Waals surface area (Å²) < 4.78 is 33.0. The largest absolute Gasteiger partial charge is 2.00 e. The van der Waals surface area contributed by atoms with Crippen molar-refractivity contribution in [2.24, 2.45) is 35.5 Å². The third-order valence-electron chi connectivity index (χ3n) is 13.4. The first-order chi connectivity index (χ1) is 24.6. The van der Waals surface area contributed by atoms with Crippen LogP contribution >= 0.6 is 7.92 Å². The third kappa shape index (κ3) is 8.24. The van der Waals surface area contributed by atoms with Crippen LogP contribution in [0, 0.1) is 41.6 Å².